The van der Waals surface area contributed by atoms with Gasteiger partial charge >= 0.3 is 0 Å². The maximum atomic E-state index is 12.2. The van der Waals surface area contributed by atoms with Crippen molar-refractivity contribution in [1.29, 1.82) is 5.26 Å². The zero-order valence-corrected chi connectivity index (χ0v) is 15.1. The van der Waals surface area contributed by atoms with E-state index in [1.165, 1.54) is 19.3 Å². The van der Waals surface area contributed by atoms with Crippen LogP contribution in [0.2, 0.25) is 0 Å². The first-order valence-electron chi connectivity index (χ1n) is 8.14. The van der Waals surface area contributed by atoms with Crippen molar-refractivity contribution >= 4 is 12.0 Å². The van der Waals surface area contributed by atoms with Gasteiger partial charge in [-0.2, -0.15) is 5.26 Å². The molecule has 2 N–H and O–H groups in total. The van der Waals surface area contributed by atoms with Crippen molar-refractivity contribution in [3.8, 4) is 23.3 Å². The van der Waals surface area contributed by atoms with Crippen LogP contribution in [0.5, 0.6) is 17.2 Å². The Labute approximate surface area is 158 Å². The summed E-state index contributed by atoms with van der Waals surface area (Å²) in [5.41, 5.74) is 1.55. The lowest BCUT2D eigenvalue weighted by molar-refractivity contribution is -0.117. The second-order valence-corrected chi connectivity index (χ2v) is 5.48. The van der Waals surface area contributed by atoms with E-state index in [9.17, 15) is 15.2 Å². The Morgan fingerprint density at radius 1 is 1.19 bits per heavy atom. The van der Waals surface area contributed by atoms with E-state index >= 15 is 0 Å². The Hall–Kier alpha value is -3.72. The van der Waals surface area contributed by atoms with Gasteiger partial charge in [-0.3, -0.25) is 4.79 Å². The van der Waals surface area contributed by atoms with E-state index in [1.807, 2.05) is 24.3 Å². The summed E-state index contributed by atoms with van der Waals surface area (Å²) < 4.78 is 10.3. The maximum absolute atomic E-state index is 12.2. The number of phenolic OH excluding ortho intramolecular Hbond substituents is 1. The number of phenols is 1. The van der Waals surface area contributed by atoms with Crippen LogP contribution in [-0.4, -0.2) is 25.2 Å². The second kappa shape index (κ2) is 9.68. The van der Waals surface area contributed by atoms with Crippen LogP contribution in [0.4, 0.5) is 0 Å². The average Bonchev–Trinajstić information content (AvgIpc) is 2.70. The number of methoxy groups -OCH3 is 2. The number of carbonyl (C=O) groups is 1. The highest BCUT2D eigenvalue weighted by molar-refractivity contribution is 5.97. The predicted octanol–water partition coefficient (Wildman–Crippen LogP) is 3.19. The number of amides is 1. The van der Waals surface area contributed by atoms with Gasteiger partial charge in [-0.1, -0.05) is 36.4 Å². The summed E-state index contributed by atoms with van der Waals surface area (Å²) in [7, 11) is 3.02. The van der Waals surface area contributed by atoms with Gasteiger partial charge in [0.2, 0.25) is 0 Å². The van der Waals surface area contributed by atoms with Crippen molar-refractivity contribution in [1.82, 2.24) is 5.32 Å². The molecule has 0 unspecified atom stereocenters. The molecule has 0 aliphatic rings. The molecule has 0 saturated carbocycles. The number of benzene rings is 2. The molecule has 0 spiro atoms. The molecule has 2 rings (SSSR count). The highest BCUT2D eigenvalue weighted by Crippen LogP contribution is 2.26. The molecule has 0 saturated heterocycles. The molecule has 6 heteroatoms. The van der Waals surface area contributed by atoms with E-state index in [2.05, 4.69) is 5.32 Å². The molecule has 0 radical (unpaired) electrons. The number of carbonyl (C=O) groups excluding carboxylic acids is 1. The van der Waals surface area contributed by atoms with Gasteiger partial charge in [0.25, 0.3) is 5.91 Å². The van der Waals surface area contributed by atoms with Gasteiger partial charge in [-0.25, -0.2) is 0 Å². The lowest BCUT2D eigenvalue weighted by Gasteiger charge is -2.08. The number of nitrogens with zero attached hydrogens (tertiary/aromatic N) is 1. The Kier molecular flexibility index (Phi) is 7.03. The summed E-state index contributed by atoms with van der Waals surface area (Å²) in [5.74, 6) is 0.576. The summed E-state index contributed by atoms with van der Waals surface area (Å²) in [4.78, 5) is 12.2. The van der Waals surface area contributed by atoms with E-state index in [1.54, 1.807) is 37.5 Å². The first-order valence-corrected chi connectivity index (χ1v) is 8.14. The Bertz CT molecular complexity index is 911. The molecular formula is C21H20N2O4. The van der Waals surface area contributed by atoms with Crippen molar-refractivity contribution in [2.45, 2.75) is 6.54 Å². The number of ether oxygens (including phenoxy) is 2. The summed E-state index contributed by atoms with van der Waals surface area (Å²) in [6.45, 7) is 0.251. The van der Waals surface area contributed by atoms with Crippen molar-refractivity contribution in [3.05, 3.63) is 71.3 Å². The summed E-state index contributed by atoms with van der Waals surface area (Å²) in [6.07, 6.45) is 4.72. The Morgan fingerprint density at radius 2 is 1.93 bits per heavy atom. The van der Waals surface area contributed by atoms with E-state index in [4.69, 9.17) is 9.47 Å². The van der Waals surface area contributed by atoms with E-state index < -0.39 is 5.91 Å². The Balaban J connectivity index is 2.04. The fourth-order valence-corrected chi connectivity index (χ4v) is 2.34. The topological polar surface area (TPSA) is 91.6 Å². The summed E-state index contributed by atoms with van der Waals surface area (Å²) >= 11 is 0. The van der Waals surface area contributed by atoms with Gasteiger partial charge in [0, 0.05) is 12.1 Å². The number of hydrogen-bond acceptors (Lipinski definition) is 5. The van der Waals surface area contributed by atoms with Crippen LogP contribution in [0.1, 0.15) is 11.1 Å². The SMILES string of the molecule is COc1cc(C=CC=C(C#N)C(=O)NCc2ccccc2OC)ccc1O. The third kappa shape index (κ3) is 5.38. The zero-order chi connectivity index (χ0) is 19.6. The minimum atomic E-state index is -0.476. The van der Waals surface area contributed by atoms with Gasteiger partial charge in [0.15, 0.2) is 11.5 Å². The minimum absolute atomic E-state index is 0.0214. The molecule has 0 aromatic heterocycles. The highest BCUT2D eigenvalue weighted by Gasteiger charge is 2.09. The smallest absolute Gasteiger partial charge is 0.262 e. The third-order valence-corrected chi connectivity index (χ3v) is 3.75. The number of nitriles is 1. The molecule has 2 aromatic rings. The number of para-hydroxylation sites is 1. The molecule has 1 amide bonds. The molecule has 27 heavy (non-hydrogen) atoms. The molecule has 0 aliphatic carbocycles. The normalized spacial score (nSPS) is 11.1. The molecule has 0 heterocycles. The van der Waals surface area contributed by atoms with Crippen molar-refractivity contribution in [2.24, 2.45) is 0 Å². The van der Waals surface area contributed by atoms with E-state index in [0.29, 0.717) is 11.5 Å². The number of hydrogen-bond donors (Lipinski definition) is 2. The van der Waals surface area contributed by atoms with Crippen LogP contribution in [-0.2, 0) is 11.3 Å². The number of rotatable bonds is 7. The van der Waals surface area contributed by atoms with E-state index in [-0.39, 0.29) is 17.9 Å². The van der Waals surface area contributed by atoms with E-state index in [0.717, 1.165) is 11.1 Å². The van der Waals surface area contributed by atoms with Gasteiger partial charge < -0.3 is 19.9 Å². The van der Waals surface area contributed by atoms with Gasteiger partial charge in [0.05, 0.1) is 14.2 Å². The van der Waals surface area contributed by atoms with Crippen LogP contribution in [0.15, 0.2) is 60.2 Å². The molecule has 0 atom stereocenters. The lowest BCUT2D eigenvalue weighted by Crippen LogP contribution is -2.24. The molecule has 2 aromatic carbocycles. The fourth-order valence-electron chi connectivity index (χ4n) is 2.34. The quantitative estimate of drug-likeness (QED) is 0.447. The average molecular weight is 364 g/mol. The zero-order valence-electron chi connectivity index (χ0n) is 15.1. The van der Waals surface area contributed by atoms with Crippen LogP contribution in [0.3, 0.4) is 0 Å². The largest absolute Gasteiger partial charge is 0.504 e. The first kappa shape index (κ1) is 19.6. The molecule has 0 aliphatic heterocycles. The number of allylic oxidation sites excluding steroid dienone is 2. The standard InChI is InChI=1S/C21H20N2O4/c1-26-19-9-4-3-7-17(19)14-23-21(25)16(13-22)8-5-6-15-10-11-18(24)20(12-15)27-2/h3-12,24H,14H2,1-2H3,(H,23,25). The molecule has 0 bridgehead atoms. The molecule has 6 nitrogen and oxygen atoms in total. The molecular weight excluding hydrogens is 344 g/mol. The first-order chi connectivity index (χ1) is 13.1. The fraction of sp³-hybridized carbons (Fsp3) is 0.143. The maximum Gasteiger partial charge on any atom is 0.262 e. The Morgan fingerprint density at radius 3 is 2.63 bits per heavy atom. The molecule has 138 valence electrons. The van der Waals surface area contributed by atoms with Crippen molar-refractivity contribution in [2.75, 3.05) is 14.2 Å². The number of aromatic hydroxyl groups is 1. The number of nitrogens with one attached hydrogen (secondary N) is 1. The highest BCUT2D eigenvalue weighted by atomic mass is 16.5. The van der Waals surface area contributed by atoms with Crippen LogP contribution in [0, 0.1) is 11.3 Å². The lowest BCUT2D eigenvalue weighted by atomic mass is 10.1. The minimum Gasteiger partial charge on any atom is -0.504 e. The van der Waals surface area contributed by atoms with Gasteiger partial charge in [0.1, 0.15) is 17.4 Å². The van der Waals surface area contributed by atoms with Crippen molar-refractivity contribution < 1.29 is 19.4 Å². The molecule has 0 fully saturated rings. The summed E-state index contributed by atoms with van der Waals surface area (Å²) in [5, 5.41) is 21.5. The second-order valence-electron chi connectivity index (χ2n) is 5.48. The van der Waals surface area contributed by atoms with Gasteiger partial charge in [-0.15, -0.1) is 0 Å². The summed E-state index contributed by atoms with van der Waals surface area (Å²) in [6, 6.07) is 14.1. The van der Waals surface area contributed by atoms with Crippen LogP contribution in [0.25, 0.3) is 6.08 Å². The third-order valence-electron chi connectivity index (χ3n) is 3.75. The van der Waals surface area contributed by atoms with Crippen LogP contribution < -0.4 is 14.8 Å². The van der Waals surface area contributed by atoms with Crippen LogP contribution >= 0.6 is 0 Å². The predicted molar refractivity (Wildman–Crippen MR) is 102 cm³/mol. The van der Waals surface area contributed by atoms with Gasteiger partial charge in [-0.05, 0) is 29.8 Å². The monoisotopic (exact) mass is 364 g/mol. The van der Waals surface area contributed by atoms with Crippen molar-refractivity contribution in [3.63, 3.8) is 0 Å².